The lowest BCUT2D eigenvalue weighted by atomic mass is 9.78. The first-order valence-corrected chi connectivity index (χ1v) is 10.8. The fourth-order valence-corrected chi connectivity index (χ4v) is 4.38. The highest BCUT2D eigenvalue weighted by Gasteiger charge is 2.43. The standard InChI is InChI=1S/C25H32N2O4/c1-18-4-6-19(7-5-18)23-16-24(25(28)14-12-22(13-15-25)31-17-29-2)26-27(23)20-8-10-21(30-3)11-9-20/h4-11,16,22,24,26,28H,12-15,17H2,1-3H3. The molecule has 0 spiro atoms. The lowest BCUT2D eigenvalue weighted by Crippen LogP contribution is -2.53. The van der Waals surface area contributed by atoms with Crippen molar-refractivity contribution in [2.24, 2.45) is 0 Å². The number of methoxy groups -OCH3 is 2. The minimum Gasteiger partial charge on any atom is -0.497 e. The van der Waals surface area contributed by atoms with Crippen LogP contribution in [-0.2, 0) is 9.47 Å². The van der Waals surface area contributed by atoms with Crippen LogP contribution in [0.15, 0.2) is 54.6 Å². The minimum atomic E-state index is -0.829. The Morgan fingerprint density at radius 2 is 1.71 bits per heavy atom. The highest BCUT2D eigenvalue weighted by molar-refractivity contribution is 5.81. The van der Waals surface area contributed by atoms with Gasteiger partial charge in [-0.3, -0.25) is 5.01 Å². The number of rotatable bonds is 7. The van der Waals surface area contributed by atoms with E-state index in [1.165, 1.54) is 5.56 Å². The average Bonchev–Trinajstić information content (AvgIpc) is 3.26. The Morgan fingerprint density at radius 1 is 1.03 bits per heavy atom. The average molecular weight is 425 g/mol. The van der Waals surface area contributed by atoms with E-state index in [-0.39, 0.29) is 12.1 Å². The van der Waals surface area contributed by atoms with E-state index in [0.29, 0.717) is 19.6 Å². The van der Waals surface area contributed by atoms with Gasteiger partial charge in [-0.1, -0.05) is 29.8 Å². The molecule has 2 aromatic rings. The second-order valence-corrected chi connectivity index (χ2v) is 8.43. The van der Waals surface area contributed by atoms with Gasteiger partial charge in [0.05, 0.1) is 36.2 Å². The third-order valence-electron chi connectivity index (χ3n) is 6.31. The molecule has 4 rings (SSSR count). The number of aryl methyl sites for hydroxylation is 1. The quantitative estimate of drug-likeness (QED) is 0.655. The van der Waals surface area contributed by atoms with Crippen LogP contribution in [-0.4, -0.2) is 43.9 Å². The van der Waals surface area contributed by atoms with Gasteiger partial charge in [-0.15, -0.1) is 0 Å². The molecule has 166 valence electrons. The molecule has 0 bridgehead atoms. The van der Waals surface area contributed by atoms with E-state index in [2.05, 4.69) is 47.7 Å². The fraction of sp³-hybridized carbons (Fsp3) is 0.440. The first-order valence-electron chi connectivity index (χ1n) is 10.8. The summed E-state index contributed by atoms with van der Waals surface area (Å²) in [4.78, 5) is 0. The Kier molecular flexibility index (Phi) is 6.62. The van der Waals surface area contributed by atoms with Gasteiger partial charge in [0.25, 0.3) is 0 Å². The van der Waals surface area contributed by atoms with Crippen molar-refractivity contribution < 1.29 is 19.3 Å². The number of hydrogen-bond acceptors (Lipinski definition) is 6. The van der Waals surface area contributed by atoms with Gasteiger partial charge in [0, 0.05) is 7.11 Å². The van der Waals surface area contributed by atoms with E-state index >= 15 is 0 Å². The second-order valence-electron chi connectivity index (χ2n) is 8.43. The van der Waals surface area contributed by atoms with E-state index in [0.717, 1.165) is 35.5 Å². The fourth-order valence-electron chi connectivity index (χ4n) is 4.38. The maximum absolute atomic E-state index is 11.5. The van der Waals surface area contributed by atoms with Crippen molar-refractivity contribution in [3.05, 3.63) is 65.7 Å². The normalized spacial score (nSPS) is 26.1. The number of hydrogen-bond donors (Lipinski definition) is 2. The third-order valence-corrected chi connectivity index (χ3v) is 6.31. The Labute approximate surface area is 184 Å². The van der Waals surface area contributed by atoms with Gasteiger partial charge in [0.1, 0.15) is 12.5 Å². The maximum Gasteiger partial charge on any atom is 0.146 e. The van der Waals surface area contributed by atoms with E-state index in [1.807, 2.05) is 24.3 Å². The summed E-state index contributed by atoms with van der Waals surface area (Å²) >= 11 is 0. The maximum atomic E-state index is 11.5. The molecule has 1 atom stereocenters. The Morgan fingerprint density at radius 3 is 2.32 bits per heavy atom. The predicted molar refractivity (Wildman–Crippen MR) is 122 cm³/mol. The van der Waals surface area contributed by atoms with Gasteiger partial charge in [0.2, 0.25) is 0 Å². The van der Waals surface area contributed by atoms with Crippen LogP contribution in [0, 0.1) is 6.92 Å². The number of nitrogens with zero attached hydrogens (tertiary/aromatic N) is 1. The van der Waals surface area contributed by atoms with Crippen molar-refractivity contribution in [2.45, 2.75) is 50.4 Å². The lowest BCUT2D eigenvalue weighted by molar-refractivity contribution is -0.112. The summed E-state index contributed by atoms with van der Waals surface area (Å²) in [6.45, 7) is 2.38. The molecular weight excluding hydrogens is 392 g/mol. The van der Waals surface area contributed by atoms with Gasteiger partial charge >= 0.3 is 0 Å². The summed E-state index contributed by atoms with van der Waals surface area (Å²) < 4.78 is 16.0. The number of aliphatic hydroxyl groups is 1. The molecule has 2 N–H and O–H groups in total. The Bertz CT molecular complexity index is 887. The van der Waals surface area contributed by atoms with Crippen LogP contribution in [0.2, 0.25) is 0 Å². The summed E-state index contributed by atoms with van der Waals surface area (Å²) in [7, 11) is 3.30. The molecule has 0 radical (unpaired) electrons. The van der Waals surface area contributed by atoms with Crippen LogP contribution in [0.5, 0.6) is 5.75 Å². The molecule has 1 aliphatic heterocycles. The molecule has 31 heavy (non-hydrogen) atoms. The predicted octanol–water partition coefficient (Wildman–Crippen LogP) is 4.03. The summed E-state index contributed by atoms with van der Waals surface area (Å²) in [5, 5.41) is 13.6. The number of anilines is 1. The van der Waals surface area contributed by atoms with E-state index < -0.39 is 5.60 Å². The SMILES string of the molecule is COCOC1CCC(O)(C2C=C(c3ccc(C)cc3)N(c3ccc(OC)cc3)N2)CC1. The van der Waals surface area contributed by atoms with Crippen molar-refractivity contribution in [2.75, 3.05) is 26.0 Å². The minimum absolute atomic E-state index is 0.139. The van der Waals surface area contributed by atoms with Gasteiger partial charge in [-0.25, -0.2) is 5.43 Å². The van der Waals surface area contributed by atoms with Crippen molar-refractivity contribution in [3.8, 4) is 5.75 Å². The van der Waals surface area contributed by atoms with Gasteiger partial charge in [0.15, 0.2) is 0 Å². The van der Waals surface area contributed by atoms with Crippen molar-refractivity contribution >= 4 is 11.4 Å². The van der Waals surface area contributed by atoms with Crippen molar-refractivity contribution in [1.82, 2.24) is 5.43 Å². The van der Waals surface area contributed by atoms with Gasteiger partial charge in [-0.05, 0) is 68.5 Å². The summed E-state index contributed by atoms with van der Waals surface area (Å²) in [6.07, 6.45) is 5.27. The number of nitrogens with one attached hydrogen (secondary N) is 1. The van der Waals surface area contributed by atoms with Crippen LogP contribution in [0.1, 0.15) is 36.8 Å². The van der Waals surface area contributed by atoms with E-state index in [1.54, 1.807) is 14.2 Å². The van der Waals surface area contributed by atoms with Crippen LogP contribution in [0.3, 0.4) is 0 Å². The molecular formula is C25H32N2O4. The molecule has 0 aromatic heterocycles. The first-order chi connectivity index (χ1) is 15.0. The lowest BCUT2D eigenvalue weighted by Gasteiger charge is -2.40. The Hall–Kier alpha value is -2.38. The molecule has 1 fully saturated rings. The highest BCUT2D eigenvalue weighted by Crippen LogP contribution is 2.39. The molecule has 2 aromatic carbocycles. The molecule has 0 amide bonds. The molecule has 6 heteroatoms. The Balaban J connectivity index is 1.58. The second kappa shape index (κ2) is 9.40. The van der Waals surface area contributed by atoms with Crippen molar-refractivity contribution in [1.29, 1.82) is 0 Å². The van der Waals surface area contributed by atoms with Gasteiger partial charge < -0.3 is 19.3 Å². The molecule has 2 aliphatic rings. The summed E-state index contributed by atoms with van der Waals surface area (Å²) in [5.41, 5.74) is 7.10. The monoisotopic (exact) mass is 424 g/mol. The zero-order valence-electron chi connectivity index (χ0n) is 18.5. The molecule has 1 aliphatic carbocycles. The van der Waals surface area contributed by atoms with Crippen LogP contribution < -0.4 is 15.2 Å². The number of ether oxygens (including phenoxy) is 3. The third kappa shape index (κ3) is 4.77. The zero-order chi connectivity index (χ0) is 21.8. The highest BCUT2D eigenvalue weighted by atomic mass is 16.7. The topological polar surface area (TPSA) is 63.2 Å². The summed E-state index contributed by atoms with van der Waals surface area (Å²) in [6, 6.07) is 16.2. The van der Waals surface area contributed by atoms with Crippen molar-refractivity contribution in [3.63, 3.8) is 0 Å². The van der Waals surface area contributed by atoms with E-state index in [9.17, 15) is 5.11 Å². The summed E-state index contributed by atoms with van der Waals surface area (Å²) in [5.74, 6) is 0.813. The molecule has 6 nitrogen and oxygen atoms in total. The zero-order valence-corrected chi connectivity index (χ0v) is 18.5. The van der Waals surface area contributed by atoms with E-state index in [4.69, 9.17) is 14.2 Å². The van der Waals surface area contributed by atoms with Crippen LogP contribution >= 0.6 is 0 Å². The number of hydrazine groups is 1. The number of benzene rings is 2. The van der Waals surface area contributed by atoms with Crippen LogP contribution in [0.25, 0.3) is 5.70 Å². The largest absolute Gasteiger partial charge is 0.497 e. The van der Waals surface area contributed by atoms with Gasteiger partial charge in [-0.2, -0.15) is 0 Å². The molecule has 1 unspecified atom stereocenters. The van der Waals surface area contributed by atoms with Crippen LogP contribution in [0.4, 0.5) is 5.69 Å². The first kappa shape index (κ1) is 21.8. The molecule has 1 saturated carbocycles. The smallest absolute Gasteiger partial charge is 0.146 e. The molecule has 0 saturated heterocycles. The molecule has 1 heterocycles.